The van der Waals surface area contributed by atoms with Gasteiger partial charge in [-0.25, -0.2) is 8.78 Å². The maximum Gasteiger partial charge on any atom is 0.126 e. The Hall–Kier alpha value is -1.47. The number of nitrogens with one attached hydrogen (secondary N) is 1. The zero-order valence-corrected chi connectivity index (χ0v) is 8.00. The minimum absolute atomic E-state index is 0.320. The summed E-state index contributed by atoms with van der Waals surface area (Å²) in [7, 11) is 0. The number of hydrogen-bond donors (Lipinski definition) is 1. The molecule has 1 aliphatic rings. The summed E-state index contributed by atoms with van der Waals surface area (Å²) in [6.07, 6.45) is 2.05. The third-order valence-corrected chi connectivity index (χ3v) is 2.33. The lowest BCUT2D eigenvalue weighted by atomic mass is 10.1. The van der Waals surface area contributed by atoms with Crippen LogP contribution in [0, 0.1) is 23.0 Å². The average Bonchev–Trinajstić information content (AvgIpc) is 2.96. The lowest BCUT2D eigenvalue weighted by molar-refractivity contribution is 0.565. The molecule has 0 amide bonds. The van der Waals surface area contributed by atoms with Crippen molar-refractivity contribution < 1.29 is 8.78 Å². The molecule has 0 bridgehead atoms. The molecule has 2 rings (SSSR count). The van der Waals surface area contributed by atoms with Crippen LogP contribution in [0.5, 0.6) is 0 Å². The molecular weight excluding hydrogens is 198 g/mol. The molecule has 1 aromatic rings. The standard InChI is InChI=1S/C11H10F2N2/c12-8-3-7(4-9(13)5-8)11(6-14)15-10-1-2-10/h3-5,10-11,15H,1-2H2. The molecule has 1 fully saturated rings. The zero-order chi connectivity index (χ0) is 10.8. The van der Waals surface area contributed by atoms with Crippen LogP contribution in [0.2, 0.25) is 0 Å². The first-order valence-electron chi connectivity index (χ1n) is 4.80. The van der Waals surface area contributed by atoms with E-state index in [1.807, 2.05) is 6.07 Å². The van der Waals surface area contributed by atoms with Crippen molar-refractivity contribution in [3.8, 4) is 6.07 Å². The molecule has 0 radical (unpaired) electrons. The molecule has 0 saturated heterocycles. The molecule has 4 heteroatoms. The van der Waals surface area contributed by atoms with Gasteiger partial charge in [-0.2, -0.15) is 5.26 Å². The second-order valence-electron chi connectivity index (χ2n) is 3.71. The van der Waals surface area contributed by atoms with Crippen molar-refractivity contribution in [2.75, 3.05) is 0 Å². The van der Waals surface area contributed by atoms with E-state index in [-0.39, 0.29) is 0 Å². The van der Waals surface area contributed by atoms with Crippen molar-refractivity contribution in [3.63, 3.8) is 0 Å². The fraction of sp³-hybridized carbons (Fsp3) is 0.364. The van der Waals surface area contributed by atoms with Gasteiger partial charge in [-0.3, -0.25) is 5.32 Å². The van der Waals surface area contributed by atoms with Crippen molar-refractivity contribution in [2.24, 2.45) is 0 Å². The van der Waals surface area contributed by atoms with Crippen LogP contribution in [0.4, 0.5) is 8.78 Å². The molecule has 78 valence electrons. The SMILES string of the molecule is N#CC(NC1CC1)c1cc(F)cc(F)c1. The summed E-state index contributed by atoms with van der Waals surface area (Å²) < 4.78 is 25.8. The molecule has 0 spiro atoms. The van der Waals surface area contributed by atoms with E-state index >= 15 is 0 Å². The van der Waals surface area contributed by atoms with Gasteiger partial charge in [-0.1, -0.05) is 0 Å². The number of nitrogens with zero attached hydrogens (tertiary/aromatic N) is 1. The molecule has 1 atom stereocenters. The van der Waals surface area contributed by atoms with Crippen LogP contribution in [0.3, 0.4) is 0 Å². The molecule has 1 aliphatic carbocycles. The van der Waals surface area contributed by atoms with Crippen molar-refractivity contribution in [2.45, 2.75) is 24.9 Å². The van der Waals surface area contributed by atoms with Crippen LogP contribution in [0.25, 0.3) is 0 Å². The number of rotatable bonds is 3. The lowest BCUT2D eigenvalue weighted by Crippen LogP contribution is -2.22. The van der Waals surface area contributed by atoms with E-state index in [2.05, 4.69) is 5.32 Å². The molecule has 2 nitrogen and oxygen atoms in total. The van der Waals surface area contributed by atoms with Gasteiger partial charge < -0.3 is 0 Å². The molecule has 0 aliphatic heterocycles. The fourth-order valence-corrected chi connectivity index (χ4v) is 1.44. The summed E-state index contributed by atoms with van der Waals surface area (Å²) in [5.41, 5.74) is 0.349. The second kappa shape index (κ2) is 3.95. The summed E-state index contributed by atoms with van der Waals surface area (Å²) in [4.78, 5) is 0. The lowest BCUT2D eigenvalue weighted by Gasteiger charge is -2.10. The highest BCUT2D eigenvalue weighted by Gasteiger charge is 2.25. The van der Waals surface area contributed by atoms with Gasteiger partial charge in [0, 0.05) is 12.1 Å². The molecule has 15 heavy (non-hydrogen) atoms. The Morgan fingerprint density at radius 2 is 1.87 bits per heavy atom. The topological polar surface area (TPSA) is 35.8 Å². The third-order valence-electron chi connectivity index (χ3n) is 2.33. The number of nitriles is 1. The molecular formula is C11H10F2N2. The van der Waals surface area contributed by atoms with Crippen molar-refractivity contribution in [3.05, 3.63) is 35.4 Å². The molecule has 1 aromatic carbocycles. The third kappa shape index (κ3) is 2.51. The highest BCUT2D eigenvalue weighted by atomic mass is 19.1. The molecule has 0 heterocycles. The van der Waals surface area contributed by atoms with Crippen LogP contribution < -0.4 is 5.32 Å². The van der Waals surface area contributed by atoms with Gasteiger partial charge in [0.15, 0.2) is 0 Å². The molecule has 1 N–H and O–H groups in total. The zero-order valence-electron chi connectivity index (χ0n) is 8.00. The Morgan fingerprint density at radius 1 is 1.27 bits per heavy atom. The summed E-state index contributed by atoms with van der Waals surface area (Å²) in [5.74, 6) is -1.30. The van der Waals surface area contributed by atoms with Gasteiger partial charge in [0.25, 0.3) is 0 Å². The number of benzene rings is 1. The van der Waals surface area contributed by atoms with E-state index in [1.165, 1.54) is 12.1 Å². The quantitative estimate of drug-likeness (QED) is 0.827. The largest absolute Gasteiger partial charge is 0.295 e. The maximum atomic E-state index is 12.9. The van der Waals surface area contributed by atoms with Gasteiger partial charge in [0.2, 0.25) is 0 Å². The van der Waals surface area contributed by atoms with Crippen molar-refractivity contribution in [1.82, 2.24) is 5.32 Å². The van der Waals surface area contributed by atoms with Crippen molar-refractivity contribution in [1.29, 1.82) is 5.26 Å². The smallest absolute Gasteiger partial charge is 0.126 e. The van der Waals surface area contributed by atoms with Crippen LogP contribution in [0.15, 0.2) is 18.2 Å². The Labute approximate surface area is 86.5 Å². The van der Waals surface area contributed by atoms with E-state index in [1.54, 1.807) is 0 Å². The van der Waals surface area contributed by atoms with E-state index < -0.39 is 17.7 Å². The Balaban J connectivity index is 2.21. The van der Waals surface area contributed by atoms with E-state index in [0.29, 0.717) is 11.6 Å². The van der Waals surface area contributed by atoms with Gasteiger partial charge in [-0.05, 0) is 30.5 Å². The highest BCUT2D eigenvalue weighted by Crippen LogP contribution is 2.24. The van der Waals surface area contributed by atoms with Crippen LogP contribution in [0.1, 0.15) is 24.4 Å². The van der Waals surface area contributed by atoms with Gasteiger partial charge in [0.1, 0.15) is 17.7 Å². The second-order valence-corrected chi connectivity index (χ2v) is 3.71. The van der Waals surface area contributed by atoms with E-state index in [4.69, 9.17) is 5.26 Å². The summed E-state index contributed by atoms with van der Waals surface area (Å²) in [6.45, 7) is 0. The fourth-order valence-electron chi connectivity index (χ4n) is 1.44. The first kappa shape index (κ1) is 10.1. The monoisotopic (exact) mass is 208 g/mol. The van der Waals surface area contributed by atoms with E-state index in [0.717, 1.165) is 18.9 Å². The predicted octanol–water partition coefficient (Wildman–Crippen LogP) is 2.28. The normalized spacial score (nSPS) is 17.1. The minimum atomic E-state index is -0.650. The van der Waals surface area contributed by atoms with Gasteiger partial charge >= 0.3 is 0 Å². The molecule has 0 aromatic heterocycles. The van der Waals surface area contributed by atoms with Crippen LogP contribution in [-0.2, 0) is 0 Å². The molecule has 1 saturated carbocycles. The average molecular weight is 208 g/mol. The first-order chi connectivity index (χ1) is 7.19. The summed E-state index contributed by atoms with van der Waals surface area (Å²) in [5, 5.41) is 11.9. The van der Waals surface area contributed by atoms with Gasteiger partial charge in [0.05, 0.1) is 6.07 Å². The number of halogens is 2. The summed E-state index contributed by atoms with van der Waals surface area (Å²) in [6, 6.07) is 4.87. The highest BCUT2D eigenvalue weighted by molar-refractivity contribution is 5.26. The van der Waals surface area contributed by atoms with Crippen LogP contribution >= 0.6 is 0 Å². The van der Waals surface area contributed by atoms with Crippen molar-refractivity contribution >= 4 is 0 Å². The van der Waals surface area contributed by atoms with Gasteiger partial charge in [-0.15, -0.1) is 0 Å². The minimum Gasteiger partial charge on any atom is -0.295 e. The first-order valence-corrected chi connectivity index (χ1v) is 4.80. The Kier molecular flexibility index (Phi) is 2.65. The van der Waals surface area contributed by atoms with E-state index in [9.17, 15) is 8.78 Å². The molecule has 1 unspecified atom stereocenters. The summed E-state index contributed by atoms with van der Waals surface area (Å²) >= 11 is 0. The Bertz CT molecular complexity index is 387. The maximum absolute atomic E-state index is 12.9. The Morgan fingerprint density at radius 3 is 2.33 bits per heavy atom. The number of hydrogen-bond acceptors (Lipinski definition) is 2. The van der Waals surface area contributed by atoms with Crippen LogP contribution in [-0.4, -0.2) is 6.04 Å². The predicted molar refractivity (Wildman–Crippen MR) is 50.9 cm³/mol.